The average molecular weight is 358 g/mol. The van der Waals surface area contributed by atoms with Crippen LogP contribution in [0.3, 0.4) is 0 Å². The number of carbonyl (C=O) groups is 1. The number of hydrogen-bond donors (Lipinski definition) is 1. The Kier molecular flexibility index (Phi) is 6.00. The van der Waals surface area contributed by atoms with Gasteiger partial charge in [0.15, 0.2) is 0 Å². The van der Waals surface area contributed by atoms with Gasteiger partial charge >= 0.3 is 0 Å². The Hall–Kier alpha value is -1.45. The number of nitrogens with zero attached hydrogens (tertiary/aromatic N) is 3. The predicted molar refractivity (Wildman–Crippen MR) is 90.5 cm³/mol. The number of aromatic nitrogens is 2. The minimum absolute atomic E-state index is 0.226. The molecule has 1 amide bonds. The molecule has 1 aromatic heterocycles. The quantitative estimate of drug-likeness (QED) is 0.795. The van der Waals surface area contributed by atoms with Crippen molar-refractivity contribution in [3.05, 3.63) is 17.5 Å². The molecule has 0 aliphatic carbocycles. The monoisotopic (exact) mass is 358 g/mol. The van der Waals surface area contributed by atoms with E-state index < -0.39 is 10.0 Å². The van der Waals surface area contributed by atoms with Crippen LogP contribution in [-0.2, 0) is 21.3 Å². The molecule has 0 aromatic carbocycles. The molecule has 0 spiro atoms. The highest BCUT2D eigenvalue weighted by molar-refractivity contribution is 7.88. The third-order valence-corrected chi connectivity index (χ3v) is 5.25. The van der Waals surface area contributed by atoms with Crippen molar-refractivity contribution in [2.45, 2.75) is 39.3 Å². The fourth-order valence-electron chi connectivity index (χ4n) is 2.56. The molecule has 24 heavy (non-hydrogen) atoms. The van der Waals surface area contributed by atoms with Crippen LogP contribution < -0.4 is 5.32 Å². The number of ether oxygens (including phenoxy) is 1. The molecule has 1 saturated heterocycles. The summed E-state index contributed by atoms with van der Waals surface area (Å²) in [5.74, 6) is 0.0191. The molecule has 1 fully saturated rings. The molecule has 9 heteroatoms. The molecule has 0 saturated carbocycles. The molecule has 0 radical (unpaired) electrons. The molecule has 2 rings (SSSR count). The first-order valence-corrected chi connectivity index (χ1v) is 9.99. The zero-order valence-corrected chi connectivity index (χ0v) is 15.5. The molecular weight excluding hydrogens is 332 g/mol. The normalized spacial score (nSPS) is 19.6. The van der Waals surface area contributed by atoms with Gasteiger partial charge in [-0.05, 0) is 18.9 Å². The van der Waals surface area contributed by atoms with Gasteiger partial charge in [-0.1, -0.05) is 13.8 Å². The van der Waals surface area contributed by atoms with Crippen LogP contribution in [0.2, 0.25) is 0 Å². The molecule has 1 aliphatic heterocycles. The maximum Gasteiger partial charge on any atom is 0.269 e. The van der Waals surface area contributed by atoms with E-state index in [4.69, 9.17) is 4.74 Å². The number of sulfonamides is 1. The second-order valence-corrected chi connectivity index (χ2v) is 8.23. The van der Waals surface area contributed by atoms with Gasteiger partial charge in [0, 0.05) is 26.2 Å². The van der Waals surface area contributed by atoms with Gasteiger partial charge < -0.3 is 10.1 Å². The zero-order chi connectivity index (χ0) is 17.9. The predicted octanol–water partition coefficient (Wildman–Crippen LogP) is 0.417. The van der Waals surface area contributed by atoms with Gasteiger partial charge in [-0.3, -0.25) is 9.48 Å². The van der Waals surface area contributed by atoms with E-state index in [0.29, 0.717) is 25.4 Å². The summed E-state index contributed by atoms with van der Waals surface area (Å²) in [6.45, 7) is 7.79. The lowest BCUT2D eigenvalue weighted by Gasteiger charge is -2.31. The Labute approximate surface area is 143 Å². The third kappa shape index (κ3) is 4.55. The van der Waals surface area contributed by atoms with Crippen molar-refractivity contribution < 1.29 is 17.9 Å². The van der Waals surface area contributed by atoms with Gasteiger partial charge in [-0.2, -0.15) is 9.40 Å². The Morgan fingerprint density at radius 3 is 2.79 bits per heavy atom. The molecule has 136 valence electrons. The summed E-state index contributed by atoms with van der Waals surface area (Å²) in [4.78, 5) is 12.4. The second kappa shape index (κ2) is 7.62. The van der Waals surface area contributed by atoms with E-state index in [1.807, 2.05) is 20.8 Å². The highest BCUT2D eigenvalue weighted by Crippen LogP contribution is 2.15. The zero-order valence-electron chi connectivity index (χ0n) is 14.7. The Bertz CT molecular complexity index is 684. The summed E-state index contributed by atoms with van der Waals surface area (Å²) in [6.07, 6.45) is 0.835. The van der Waals surface area contributed by atoms with Crippen LogP contribution in [-0.4, -0.2) is 67.0 Å². The van der Waals surface area contributed by atoms with Crippen LogP contribution in [0, 0.1) is 0 Å². The van der Waals surface area contributed by atoms with Crippen molar-refractivity contribution >= 4 is 15.9 Å². The van der Waals surface area contributed by atoms with Crippen LogP contribution in [0.5, 0.6) is 0 Å². The van der Waals surface area contributed by atoms with Crippen LogP contribution in [0.1, 0.15) is 42.9 Å². The molecule has 2 heterocycles. The topological polar surface area (TPSA) is 93.5 Å². The van der Waals surface area contributed by atoms with Crippen molar-refractivity contribution in [3.63, 3.8) is 0 Å². The largest absolute Gasteiger partial charge is 0.374 e. The fourth-order valence-corrected chi connectivity index (χ4v) is 3.40. The first kappa shape index (κ1) is 18.9. The SMILES string of the molecule is CCn1nc(C(C)C)cc1C(=O)NC[C@@H]1CN(S(C)(=O)=O)CCO1. The van der Waals surface area contributed by atoms with E-state index in [9.17, 15) is 13.2 Å². The highest BCUT2D eigenvalue weighted by Gasteiger charge is 2.27. The Morgan fingerprint density at radius 1 is 1.50 bits per heavy atom. The average Bonchev–Trinajstić information content (AvgIpc) is 2.97. The smallest absolute Gasteiger partial charge is 0.269 e. The van der Waals surface area contributed by atoms with Gasteiger partial charge in [0.1, 0.15) is 5.69 Å². The fraction of sp³-hybridized carbons (Fsp3) is 0.733. The van der Waals surface area contributed by atoms with Crippen LogP contribution in [0.25, 0.3) is 0 Å². The molecule has 1 aromatic rings. The third-order valence-electron chi connectivity index (χ3n) is 3.98. The van der Waals surface area contributed by atoms with Crippen molar-refractivity contribution in [3.8, 4) is 0 Å². The number of aryl methyl sites for hydroxylation is 1. The molecule has 8 nitrogen and oxygen atoms in total. The van der Waals surface area contributed by atoms with Gasteiger partial charge in [-0.15, -0.1) is 0 Å². The van der Waals surface area contributed by atoms with Crippen LogP contribution >= 0.6 is 0 Å². The van der Waals surface area contributed by atoms with E-state index in [2.05, 4.69) is 10.4 Å². The van der Waals surface area contributed by atoms with E-state index >= 15 is 0 Å². The maximum absolute atomic E-state index is 12.4. The summed E-state index contributed by atoms with van der Waals surface area (Å²) in [7, 11) is -3.24. The van der Waals surface area contributed by atoms with Crippen molar-refractivity contribution in [1.29, 1.82) is 0 Å². The number of rotatable bonds is 6. The van der Waals surface area contributed by atoms with Gasteiger partial charge in [0.2, 0.25) is 10.0 Å². The van der Waals surface area contributed by atoms with Crippen molar-refractivity contribution in [2.75, 3.05) is 32.5 Å². The minimum Gasteiger partial charge on any atom is -0.374 e. The van der Waals surface area contributed by atoms with E-state index in [0.717, 1.165) is 5.69 Å². The van der Waals surface area contributed by atoms with Crippen LogP contribution in [0.4, 0.5) is 0 Å². The molecular formula is C15H26N4O4S. The number of amides is 1. The molecule has 0 bridgehead atoms. The van der Waals surface area contributed by atoms with E-state index in [1.165, 1.54) is 10.6 Å². The summed E-state index contributed by atoms with van der Waals surface area (Å²) in [6, 6.07) is 1.80. The second-order valence-electron chi connectivity index (χ2n) is 6.25. The summed E-state index contributed by atoms with van der Waals surface area (Å²) < 4.78 is 31.8. The lowest BCUT2D eigenvalue weighted by Crippen LogP contribution is -2.49. The lowest BCUT2D eigenvalue weighted by molar-refractivity contribution is 0.000384. The minimum atomic E-state index is -3.24. The first-order chi connectivity index (χ1) is 11.2. The molecule has 1 N–H and O–H groups in total. The van der Waals surface area contributed by atoms with E-state index in [1.54, 1.807) is 10.7 Å². The Balaban J connectivity index is 1.98. The number of carbonyl (C=O) groups excluding carboxylic acids is 1. The maximum atomic E-state index is 12.4. The van der Waals surface area contributed by atoms with Crippen molar-refractivity contribution in [1.82, 2.24) is 19.4 Å². The van der Waals surface area contributed by atoms with Crippen molar-refractivity contribution in [2.24, 2.45) is 0 Å². The number of nitrogens with one attached hydrogen (secondary N) is 1. The first-order valence-electron chi connectivity index (χ1n) is 8.15. The molecule has 1 atom stereocenters. The number of hydrogen-bond acceptors (Lipinski definition) is 5. The van der Waals surface area contributed by atoms with E-state index in [-0.39, 0.29) is 31.0 Å². The lowest BCUT2D eigenvalue weighted by atomic mass is 10.1. The summed E-state index contributed by atoms with van der Waals surface area (Å²) >= 11 is 0. The van der Waals surface area contributed by atoms with Gasteiger partial charge in [-0.25, -0.2) is 8.42 Å². The number of morpholine rings is 1. The van der Waals surface area contributed by atoms with Gasteiger partial charge in [0.25, 0.3) is 5.91 Å². The Morgan fingerprint density at radius 2 is 2.21 bits per heavy atom. The molecule has 1 aliphatic rings. The summed E-state index contributed by atoms with van der Waals surface area (Å²) in [5.41, 5.74) is 1.39. The van der Waals surface area contributed by atoms with Crippen LogP contribution in [0.15, 0.2) is 6.07 Å². The summed E-state index contributed by atoms with van der Waals surface area (Å²) in [5, 5.41) is 7.25. The highest BCUT2D eigenvalue weighted by atomic mass is 32.2. The molecule has 0 unspecified atom stereocenters. The standard InChI is InChI=1S/C15H26N4O4S/c1-5-19-14(8-13(17-19)11(2)3)15(20)16-9-12-10-18(6-7-23-12)24(4,21)22/h8,11-12H,5-7,9-10H2,1-4H3,(H,16,20)/t12-/m1/s1. The van der Waals surface area contributed by atoms with Gasteiger partial charge in [0.05, 0.1) is 24.7 Å².